The second kappa shape index (κ2) is 14.2. The van der Waals surface area contributed by atoms with Crippen LogP contribution in [0.15, 0.2) is 18.2 Å². The number of unbranched alkanes of at least 4 members (excludes halogenated alkanes) is 3. The number of carbonyl (C=O) groups excluding carboxylic acids is 2. The molecule has 0 aliphatic rings. The molecule has 1 unspecified atom stereocenters. The Balaban J connectivity index is 3.61. The first-order chi connectivity index (χ1) is 15.3. The topological polar surface area (TPSA) is 79.2 Å². The normalized spacial score (nSPS) is 12.0. The van der Waals surface area contributed by atoms with E-state index in [2.05, 4.69) is 32.2 Å². The minimum atomic E-state index is -1.85. The zero-order chi connectivity index (χ0) is 24.1. The van der Waals surface area contributed by atoms with E-state index in [1.165, 1.54) is 14.0 Å². The van der Waals surface area contributed by atoms with E-state index < -0.39 is 12.8 Å². The average Bonchev–Trinajstić information content (AvgIpc) is 2.78. The van der Waals surface area contributed by atoms with Gasteiger partial charge in [0.15, 0.2) is 5.78 Å². The fraction of sp³-hybridized carbons (Fsp3) is 0.615. The Morgan fingerprint density at radius 3 is 2.00 bits per heavy atom. The van der Waals surface area contributed by atoms with Gasteiger partial charge in [-0.15, -0.1) is 0 Å². The lowest BCUT2D eigenvalue weighted by atomic mass is 9.93. The van der Waals surface area contributed by atoms with Crippen molar-refractivity contribution in [1.82, 2.24) is 0 Å². The molecule has 0 aromatic heterocycles. The van der Waals surface area contributed by atoms with Crippen LogP contribution in [0.25, 0.3) is 0 Å². The monoisotopic (exact) mass is 460 g/mol. The average molecular weight is 461 g/mol. The van der Waals surface area contributed by atoms with Gasteiger partial charge in [-0.1, -0.05) is 66.0 Å². The fourth-order valence-electron chi connectivity index (χ4n) is 4.21. The van der Waals surface area contributed by atoms with Gasteiger partial charge in [0.1, 0.15) is 11.8 Å². The molecule has 0 saturated heterocycles. The molecule has 0 radical (unpaired) electrons. The van der Waals surface area contributed by atoms with E-state index in [0.29, 0.717) is 22.3 Å². The highest BCUT2D eigenvalue weighted by Gasteiger charge is 2.31. The number of nitrogens with one attached hydrogen (secondary N) is 1. The third-order valence-electron chi connectivity index (χ3n) is 6.05. The second-order valence-electron chi connectivity index (χ2n) is 8.53. The standard InChI is InChI=1S/C26H41N2O3P/c1-7-10-16-32(17-11-8-2,18-12-9-3)24(19-27)25(30)20(4)22-14-13-15-23(26(22)31-6)28-21(5)29/h13-15,20H,7-12,16-18H2,1-6H3,(H,28,29). The number of para-hydroxylation sites is 1. The van der Waals surface area contributed by atoms with Crippen molar-refractivity contribution in [3.05, 3.63) is 23.8 Å². The third-order valence-corrected chi connectivity index (χ3v) is 10.8. The van der Waals surface area contributed by atoms with E-state index in [1.54, 1.807) is 6.07 Å². The van der Waals surface area contributed by atoms with Crippen molar-refractivity contribution in [1.29, 1.82) is 5.26 Å². The van der Waals surface area contributed by atoms with Crippen LogP contribution in [0.2, 0.25) is 0 Å². The van der Waals surface area contributed by atoms with Crippen LogP contribution in [-0.2, 0) is 9.59 Å². The predicted octanol–water partition coefficient (Wildman–Crippen LogP) is 6.44. The number of methoxy groups -OCH3 is 1. The number of nitriles is 1. The van der Waals surface area contributed by atoms with Crippen LogP contribution in [-0.4, -0.2) is 42.6 Å². The van der Waals surface area contributed by atoms with Crippen molar-refractivity contribution in [3.8, 4) is 11.8 Å². The Kier molecular flexibility index (Phi) is 12.4. The SMILES string of the molecule is CCCCP(CCCC)(CCCC)=C(C#N)C(=O)C(C)c1cccc(NC(C)=O)c1OC. The number of nitrogens with zero attached hydrogens (tertiary/aromatic N) is 1. The Bertz CT molecular complexity index is 842. The molecule has 1 N–H and O–H groups in total. The summed E-state index contributed by atoms with van der Waals surface area (Å²) in [6.45, 7) is 7.95. The van der Waals surface area contributed by atoms with E-state index in [9.17, 15) is 14.9 Å². The van der Waals surface area contributed by atoms with Crippen LogP contribution in [0.1, 0.15) is 84.6 Å². The molecule has 0 aliphatic carbocycles. The highest BCUT2D eigenvalue weighted by molar-refractivity contribution is 7.78. The molecule has 32 heavy (non-hydrogen) atoms. The third kappa shape index (κ3) is 7.24. The number of rotatable bonds is 14. The molecule has 1 amide bonds. The molecule has 1 atom stereocenters. The van der Waals surface area contributed by atoms with E-state index in [0.717, 1.165) is 57.0 Å². The van der Waals surface area contributed by atoms with Gasteiger partial charge >= 0.3 is 0 Å². The number of hydrogen-bond donors (Lipinski definition) is 1. The number of ether oxygens (including phenoxy) is 1. The molecule has 1 aromatic rings. The number of carbonyl (C=O) groups is 2. The van der Waals surface area contributed by atoms with E-state index >= 15 is 0 Å². The van der Waals surface area contributed by atoms with Crippen LogP contribution in [0.4, 0.5) is 5.69 Å². The van der Waals surface area contributed by atoms with Crippen molar-refractivity contribution in [3.63, 3.8) is 0 Å². The first-order valence-corrected chi connectivity index (χ1v) is 14.3. The summed E-state index contributed by atoms with van der Waals surface area (Å²) in [6.07, 6.45) is 9.29. The summed E-state index contributed by atoms with van der Waals surface area (Å²) in [4.78, 5) is 25.4. The maximum Gasteiger partial charge on any atom is 0.221 e. The molecule has 1 aromatic carbocycles. The van der Waals surface area contributed by atoms with E-state index in [4.69, 9.17) is 4.74 Å². The lowest BCUT2D eigenvalue weighted by Crippen LogP contribution is -2.24. The van der Waals surface area contributed by atoms with Crippen molar-refractivity contribution in [2.24, 2.45) is 0 Å². The summed E-state index contributed by atoms with van der Waals surface area (Å²) in [5.41, 5.74) is 1.25. The summed E-state index contributed by atoms with van der Waals surface area (Å²) in [5.74, 6) is -0.312. The summed E-state index contributed by atoms with van der Waals surface area (Å²) in [5, 5.41) is 13.6. The molecule has 0 heterocycles. The molecular weight excluding hydrogens is 419 g/mol. The summed E-state index contributed by atoms with van der Waals surface area (Å²) in [7, 11) is 1.54. The molecule has 0 bridgehead atoms. The van der Waals surface area contributed by atoms with Gasteiger partial charge in [-0.2, -0.15) is 5.26 Å². The van der Waals surface area contributed by atoms with E-state index in [-0.39, 0.29) is 11.7 Å². The highest BCUT2D eigenvalue weighted by atomic mass is 31.2. The molecular formula is C26H41N2O3P. The Morgan fingerprint density at radius 2 is 1.59 bits per heavy atom. The van der Waals surface area contributed by atoms with Crippen LogP contribution >= 0.6 is 6.89 Å². The van der Waals surface area contributed by atoms with Gasteiger partial charge in [-0.05, 0) is 43.8 Å². The second-order valence-corrected chi connectivity index (χ2v) is 12.6. The quantitative estimate of drug-likeness (QED) is 0.324. The molecule has 178 valence electrons. The minimum Gasteiger partial charge on any atom is -0.494 e. The number of benzene rings is 1. The van der Waals surface area contributed by atoms with Gasteiger partial charge in [0.2, 0.25) is 5.91 Å². The van der Waals surface area contributed by atoms with Gasteiger partial charge < -0.3 is 10.1 Å². The van der Waals surface area contributed by atoms with Crippen molar-refractivity contribution >= 4 is 29.6 Å². The zero-order valence-electron chi connectivity index (χ0n) is 20.8. The molecule has 6 heteroatoms. The number of ketones is 1. The zero-order valence-corrected chi connectivity index (χ0v) is 21.7. The summed E-state index contributed by atoms with van der Waals surface area (Å²) in [6, 6.07) is 7.84. The maximum absolute atomic E-state index is 13.8. The van der Waals surface area contributed by atoms with Crippen LogP contribution in [0, 0.1) is 11.3 Å². The Hall–Kier alpha value is -2.05. The van der Waals surface area contributed by atoms with Gasteiger partial charge in [-0.25, -0.2) is 0 Å². The van der Waals surface area contributed by atoms with Gasteiger partial charge in [0, 0.05) is 18.4 Å². The van der Waals surface area contributed by atoms with Crippen LogP contribution in [0.5, 0.6) is 5.75 Å². The van der Waals surface area contributed by atoms with Crippen molar-refractivity contribution < 1.29 is 14.3 Å². The number of Topliss-reactive ketones (excluding diaryl/α,β-unsaturated/α-hetero) is 1. The van der Waals surface area contributed by atoms with Gasteiger partial charge in [0.25, 0.3) is 0 Å². The predicted molar refractivity (Wildman–Crippen MR) is 138 cm³/mol. The number of hydrogen-bond acceptors (Lipinski definition) is 4. The first-order valence-electron chi connectivity index (χ1n) is 11.9. The van der Waals surface area contributed by atoms with Crippen LogP contribution in [0.3, 0.4) is 0 Å². The van der Waals surface area contributed by atoms with Crippen molar-refractivity contribution in [2.75, 3.05) is 30.9 Å². The van der Waals surface area contributed by atoms with Gasteiger partial charge in [0.05, 0.1) is 18.1 Å². The van der Waals surface area contributed by atoms with Gasteiger partial charge in [-0.3, -0.25) is 9.59 Å². The molecule has 0 fully saturated rings. The largest absolute Gasteiger partial charge is 0.494 e. The molecule has 1 rings (SSSR count). The molecule has 0 aliphatic heterocycles. The Labute approximate surface area is 194 Å². The summed E-state index contributed by atoms with van der Waals surface area (Å²) >= 11 is 0. The smallest absolute Gasteiger partial charge is 0.221 e. The summed E-state index contributed by atoms with van der Waals surface area (Å²) < 4.78 is 5.59. The Morgan fingerprint density at radius 1 is 1.06 bits per heavy atom. The number of anilines is 1. The molecule has 0 spiro atoms. The molecule has 0 saturated carbocycles. The highest BCUT2D eigenvalue weighted by Crippen LogP contribution is 2.52. The van der Waals surface area contributed by atoms with E-state index in [1.807, 2.05) is 19.1 Å². The molecule has 5 nitrogen and oxygen atoms in total. The number of amides is 1. The lowest BCUT2D eigenvalue weighted by Gasteiger charge is -2.29. The van der Waals surface area contributed by atoms with Crippen LogP contribution < -0.4 is 10.1 Å². The minimum absolute atomic E-state index is 0.0811. The maximum atomic E-state index is 13.8. The fourth-order valence-corrected chi connectivity index (χ4v) is 9.19. The first kappa shape index (κ1) is 28.0. The van der Waals surface area contributed by atoms with Crippen molar-refractivity contribution in [2.45, 2.75) is 79.1 Å². The lowest BCUT2D eigenvalue weighted by molar-refractivity contribution is -0.114.